The summed E-state index contributed by atoms with van der Waals surface area (Å²) < 4.78 is 5.36. The average molecular weight is 314 g/mol. The second kappa shape index (κ2) is 6.91. The molecule has 1 atom stereocenters. The third kappa shape index (κ3) is 3.76. The molecule has 0 bridgehead atoms. The summed E-state index contributed by atoms with van der Waals surface area (Å²) in [5.74, 6) is 6.71. The first kappa shape index (κ1) is 15.7. The minimum atomic E-state index is -0.123. The third-order valence-electron chi connectivity index (χ3n) is 4.47. The van der Waals surface area contributed by atoms with Gasteiger partial charge >= 0.3 is 0 Å². The molecule has 1 aromatic heterocycles. The number of rotatable bonds is 5. The number of amides is 2. The van der Waals surface area contributed by atoms with Crippen molar-refractivity contribution in [3.05, 3.63) is 24.2 Å². The van der Waals surface area contributed by atoms with Crippen LogP contribution in [0.1, 0.15) is 38.4 Å². The van der Waals surface area contributed by atoms with Gasteiger partial charge < -0.3 is 14.2 Å². The van der Waals surface area contributed by atoms with Crippen LogP contribution >= 0.6 is 0 Å². The molecule has 23 heavy (non-hydrogen) atoms. The number of piperidine rings is 1. The van der Waals surface area contributed by atoms with E-state index >= 15 is 0 Å². The van der Waals surface area contributed by atoms with E-state index in [1.807, 2.05) is 17.0 Å². The molecule has 0 radical (unpaired) electrons. The van der Waals surface area contributed by atoms with E-state index in [1.165, 1.54) is 0 Å². The van der Waals surface area contributed by atoms with Crippen LogP contribution in [0.25, 0.3) is 0 Å². The molecule has 122 valence electrons. The van der Waals surface area contributed by atoms with E-state index in [9.17, 15) is 9.59 Å². The van der Waals surface area contributed by atoms with Crippen LogP contribution in [0.15, 0.2) is 22.8 Å². The molecule has 1 saturated carbocycles. The van der Waals surface area contributed by atoms with Crippen LogP contribution in [0.5, 0.6) is 0 Å². The van der Waals surface area contributed by atoms with Gasteiger partial charge in [0.25, 0.3) is 0 Å². The van der Waals surface area contributed by atoms with Crippen molar-refractivity contribution in [3.8, 4) is 11.8 Å². The van der Waals surface area contributed by atoms with Gasteiger partial charge in [0.15, 0.2) is 0 Å². The maximum absolute atomic E-state index is 12.9. The summed E-state index contributed by atoms with van der Waals surface area (Å²) in [5, 5.41) is 0. The van der Waals surface area contributed by atoms with Crippen molar-refractivity contribution in [2.45, 2.75) is 45.2 Å². The number of nitrogens with zero attached hydrogens (tertiary/aromatic N) is 2. The van der Waals surface area contributed by atoms with E-state index in [-0.39, 0.29) is 17.7 Å². The molecule has 5 heteroatoms. The highest BCUT2D eigenvalue weighted by Gasteiger charge is 2.39. The summed E-state index contributed by atoms with van der Waals surface area (Å²) in [4.78, 5) is 28.6. The Morgan fingerprint density at radius 1 is 1.43 bits per heavy atom. The van der Waals surface area contributed by atoms with Crippen molar-refractivity contribution in [1.82, 2.24) is 9.80 Å². The van der Waals surface area contributed by atoms with E-state index in [0.717, 1.165) is 18.6 Å². The number of carbonyl (C=O) groups excluding carboxylic acids is 2. The Kier molecular flexibility index (Phi) is 4.71. The maximum atomic E-state index is 12.9. The lowest BCUT2D eigenvalue weighted by Crippen LogP contribution is -2.47. The molecule has 3 rings (SSSR count). The molecule has 5 nitrogen and oxygen atoms in total. The molecule has 1 aliphatic heterocycles. The molecule has 0 spiro atoms. The molecule has 1 aromatic rings. The van der Waals surface area contributed by atoms with Gasteiger partial charge in [-0.05, 0) is 38.3 Å². The summed E-state index contributed by atoms with van der Waals surface area (Å²) in [5.41, 5.74) is 0. The largest absolute Gasteiger partial charge is 0.467 e. The zero-order valence-corrected chi connectivity index (χ0v) is 13.5. The highest BCUT2D eigenvalue weighted by molar-refractivity contribution is 5.84. The number of hydrogen-bond donors (Lipinski definition) is 0. The van der Waals surface area contributed by atoms with Crippen LogP contribution in [-0.4, -0.2) is 40.7 Å². The molecule has 1 saturated heterocycles. The first-order valence-corrected chi connectivity index (χ1v) is 8.19. The van der Waals surface area contributed by atoms with Crippen LogP contribution in [0.2, 0.25) is 0 Å². The summed E-state index contributed by atoms with van der Waals surface area (Å²) in [6.45, 7) is 3.14. The zero-order valence-electron chi connectivity index (χ0n) is 13.5. The molecule has 2 heterocycles. The van der Waals surface area contributed by atoms with E-state index in [1.54, 1.807) is 18.1 Å². The lowest BCUT2D eigenvalue weighted by Gasteiger charge is -2.34. The van der Waals surface area contributed by atoms with Crippen LogP contribution in [0.4, 0.5) is 0 Å². The van der Waals surface area contributed by atoms with Gasteiger partial charge in [-0.1, -0.05) is 5.92 Å². The fourth-order valence-electron chi connectivity index (χ4n) is 3.05. The van der Waals surface area contributed by atoms with Crippen molar-refractivity contribution >= 4 is 11.8 Å². The van der Waals surface area contributed by atoms with Gasteiger partial charge in [0.1, 0.15) is 5.76 Å². The molecule has 0 N–H and O–H groups in total. The Labute approximate surface area is 136 Å². The van der Waals surface area contributed by atoms with Gasteiger partial charge in [0, 0.05) is 19.0 Å². The van der Waals surface area contributed by atoms with E-state index in [2.05, 4.69) is 11.8 Å². The molecular weight excluding hydrogens is 292 g/mol. The van der Waals surface area contributed by atoms with Crippen molar-refractivity contribution in [2.24, 2.45) is 5.92 Å². The second-order valence-corrected chi connectivity index (χ2v) is 6.21. The van der Waals surface area contributed by atoms with Gasteiger partial charge in [0.05, 0.1) is 25.3 Å². The van der Waals surface area contributed by atoms with E-state index in [0.29, 0.717) is 38.5 Å². The van der Waals surface area contributed by atoms with E-state index < -0.39 is 0 Å². The summed E-state index contributed by atoms with van der Waals surface area (Å²) in [7, 11) is 0. The second-order valence-electron chi connectivity index (χ2n) is 6.21. The lowest BCUT2D eigenvalue weighted by molar-refractivity contribution is -0.143. The molecule has 1 aliphatic carbocycles. The van der Waals surface area contributed by atoms with Crippen LogP contribution in [0, 0.1) is 17.8 Å². The van der Waals surface area contributed by atoms with Crippen LogP contribution < -0.4 is 0 Å². The highest BCUT2D eigenvalue weighted by atomic mass is 16.3. The lowest BCUT2D eigenvalue weighted by atomic mass is 9.95. The van der Waals surface area contributed by atoms with Crippen LogP contribution in [0.3, 0.4) is 0 Å². The standard InChI is InChI=1S/C18H22N2O3/c1-2-3-10-19(13-16-5-4-11-23-16)18(22)14-6-9-17(21)20(12-14)15-7-8-15/h4-5,11,14-15H,6-10,12-13H2,1H3. The zero-order chi connectivity index (χ0) is 16.2. The minimum Gasteiger partial charge on any atom is -0.467 e. The highest BCUT2D eigenvalue weighted by Crippen LogP contribution is 2.32. The van der Waals surface area contributed by atoms with Gasteiger partial charge in [-0.15, -0.1) is 5.92 Å². The maximum Gasteiger partial charge on any atom is 0.228 e. The molecular formula is C18H22N2O3. The monoisotopic (exact) mass is 314 g/mol. The first-order chi connectivity index (χ1) is 11.2. The van der Waals surface area contributed by atoms with Crippen LogP contribution in [-0.2, 0) is 16.1 Å². The van der Waals surface area contributed by atoms with Crippen molar-refractivity contribution in [2.75, 3.05) is 13.1 Å². The topological polar surface area (TPSA) is 53.8 Å². The fourth-order valence-corrected chi connectivity index (χ4v) is 3.05. The van der Waals surface area contributed by atoms with E-state index in [4.69, 9.17) is 4.42 Å². The Hall–Kier alpha value is -2.22. The first-order valence-electron chi connectivity index (χ1n) is 8.19. The predicted molar refractivity (Wildman–Crippen MR) is 85.0 cm³/mol. The fraction of sp³-hybridized carbons (Fsp3) is 0.556. The SMILES string of the molecule is CC#CCN(Cc1ccco1)C(=O)C1CCC(=O)N(C2CC2)C1. The minimum absolute atomic E-state index is 0.0716. The molecule has 2 aliphatic rings. The Balaban J connectivity index is 1.68. The van der Waals surface area contributed by atoms with Gasteiger partial charge in [0.2, 0.25) is 11.8 Å². The molecule has 1 unspecified atom stereocenters. The Bertz CT molecular complexity index is 622. The van der Waals surface area contributed by atoms with Crippen molar-refractivity contribution < 1.29 is 14.0 Å². The summed E-state index contributed by atoms with van der Waals surface area (Å²) in [6, 6.07) is 4.05. The smallest absolute Gasteiger partial charge is 0.228 e. The molecule has 2 fully saturated rings. The van der Waals surface area contributed by atoms with Crippen molar-refractivity contribution in [1.29, 1.82) is 0 Å². The quantitative estimate of drug-likeness (QED) is 0.782. The summed E-state index contributed by atoms with van der Waals surface area (Å²) in [6.07, 6.45) is 4.86. The van der Waals surface area contributed by atoms with Gasteiger partial charge in [-0.2, -0.15) is 0 Å². The van der Waals surface area contributed by atoms with Crippen molar-refractivity contribution in [3.63, 3.8) is 0 Å². The average Bonchev–Trinajstić information content (AvgIpc) is 3.27. The molecule has 2 amide bonds. The molecule has 0 aromatic carbocycles. The number of likely N-dealkylation sites (tertiary alicyclic amines) is 1. The van der Waals surface area contributed by atoms with Gasteiger partial charge in [-0.25, -0.2) is 0 Å². The number of hydrogen-bond acceptors (Lipinski definition) is 3. The normalized spacial score (nSPS) is 20.8. The third-order valence-corrected chi connectivity index (χ3v) is 4.47. The Morgan fingerprint density at radius 3 is 2.91 bits per heavy atom. The summed E-state index contributed by atoms with van der Waals surface area (Å²) >= 11 is 0. The number of carbonyl (C=O) groups is 2. The predicted octanol–water partition coefficient (Wildman–Crippen LogP) is 2.03. The Morgan fingerprint density at radius 2 is 2.26 bits per heavy atom. The number of furan rings is 1. The van der Waals surface area contributed by atoms with Gasteiger partial charge in [-0.3, -0.25) is 9.59 Å².